The summed E-state index contributed by atoms with van der Waals surface area (Å²) in [5.74, 6) is -1.32. The number of pyridine rings is 1. The Balaban J connectivity index is 1.31. The molecule has 2 fully saturated rings. The van der Waals surface area contributed by atoms with Crippen molar-refractivity contribution in [3.8, 4) is 17.0 Å². The highest BCUT2D eigenvalue weighted by Gasteiger charge is 2.48. The maximum atomic E-state index is 15.0. The third-order valence-electron chi connectivity index (χ3n) is 7.68. The van der Waals surface area contributed by atoms with E-state index in [4.69, 9.17) is 10.5 Å². The predicted molar refractivity (Wildman–Crippen MR) is 139 cm³/mol. The fourth-order valence-corrected chi connectivity index (χ4v) is 5.13. The molecule has 1 unspecified atom stereocenters. The van der Waals surface area contributed by atoms with Gasteiger partial charge in [-0.15, -0.1) is 0 Å². The van der Waals surface area contributed by atoms with Crippen LogP contribution in [-0.2, 0) is 4.79 Å². The number of halogens is 4. The lowest BCUT2D eigenvalue weighted by molar-refractivity contribution is -0.217. The fraction of sp³-hybridized carbons (Fsp3) is 0.536. The van der Waals surface area contributed by atoms with Crippen molar-refractivity contribution in [1.82, 2.24) is 14.8 Å². The van der Waals surface area contributed by atoms with E-state index in [2.05, 4.69) is 4.98 Å². The quantitative estimate of drug-likeness (QED) is 0.473. The molecule has 1 aromatic heterocycles. The van der Waals surface area contributed by atoms with Gasteiger partial charge in [0.05, 0.1) is 30.0 Å². The monoisotopic (exact) mass is 566 g/mol. The number of aliphatic hydroxyl groups excluding tert-OH is 1. The summed E-state index contributed by atoms with van der Waals surface area (Å²) in [6, 6.07) is 6.22. The number of nitrogens with zero attached hydrogens (tertiary/aromatic N) is 3. The number of ether oxygens (including phenoxy) is 1. The van der Waals surface area contributed by atoms with E-state index in [0.29, 0.717) is 31.1 Å². The van der Waals surface area contributed by atoms with Gasteiger partial charge in [-0.1, -0.05) is 0 Å². The Hall–Kier alpha value is -3.25. The van der Waals surface area contributed by atoms with Crippen molar-refractivity contribution in [2.45, 2.75) is 51.4 Å². The van der Waals surface area contributed by atoms with Crippen LogP contribution in [0.15, 0.2) is 36.5 Å². The minimum absolute atomic E-state index is 0.0228. The van der Waals surface area contributed by atoms with E-state index < -0.39 is 41.4 Å². The molecule has 0 bridgehead atoms. The molecule has 0 aliphatic carbocycles. The van der Waals surface area contributed by atoms with E-state index in [1.54, 1.807) is 12.1 Å². The molecule has 2 amide bonds. The summed E-state index contributed by atoms with van der Waals surface area (Å²) in [6.45, 7) is 3.90. The first-order chi connectivity index (χ1) is 18.7. The number of aliphatic hydroxyl groups is 1. The number of hydrogen-bond donors (Lipinski definition) is 2. The van der Waals surface area contributed by atoms with E-state index in [-0.39, 0.29) is 36.6 Å². The fourth-order valence-electron chi connectivity index (χ4n) is 5.13. The normalized spacial score (nSPS) is 21.0. The highest BCUT2D eigenvalue weighted by Crippen LogP contribution is 2.38. The summed E-state index contributed by atoms with van der Waals surface area (Å²) >= 11 is 0. The van der Waals surface area contributed by atoms with Crippen molar-refractivity contribution in [3.63, 3.8) is 0 Å². The molecule has 12 heteroatoms. The van der Waals surface area contributed by atoms with Crippen LogP contribution in [0.25, 0.3) is 11.3 Å². The summed E-state index contributed by atoms with van der Waals surface area (Å²) in [4.78, 5) is 31.7. The van der Waals surface area contributed by atoms with Gasteiger partial charge in [0.25, 0.3) is 5.91 Å². The van der Waals surface area contributed by atoms with Gasteiger partial charge in [0.1, 0.15) is 17.6 Å². The zero-order chi connectivity index (χ0) is 29.2. The Morgan fingerprint density at radius 1 is 1.15 bits per heavy atom. The lowest BCUT2D eigenvalue weighted by atomic mass is 9.89. The summed E-state index contributed by atoms with van der Waals surface area (Å²) in [5, 5.41) is 9.84. The molecule has 40 heavy (non-hydrogen) atoms. The van der Waals surface area contributed by atoms with Gasteiger partial charge in [-0.3, -0.25) is 14.6 Å². The van der Waals surface area contributed by atoms with Crippen LogP contribution in [0.1, 0.15) is 43.5 Å². The van der Waals surface area contributed by atoms with E-state index >= 15 is 0 Å². The molecule has 0 radical (unpaired) electrons. The van der Waals surface area contributed by atoms with Crippen molar-refractivity contribution < 1.29 is 37.0 Å². The first-order valence-corrected chi connectivity index (χ1v) is 13.2. The number of carbonyl (C=O) groups excluding carboxylic acids is 2. The number of hydrogen-bond acceptors (Lipinski definition) is 6. The van der Waals surface area contributed by atoms with Gasteiger partial charge < -0.3 is 25.4 Å². The minimum Gasteiger partial charge on any atom is -0.492 e. The van der Waals surface area contributed by atoms with Crippen molar-refractivity contribution >= 4 is 11.8 Å². The summed E-state index contributed by atoms with van der Waals surface area (Å²) in [5.41, 5.74) is 4.10. The molecule has 2 aromatic rings. The van der Waals surface area contributed by atoms with Crippen molar-refractivity contribution in [3.05, 3.63) is 47.9 Å². The van der Waals surface area contributed by atoms with Gasteiger partial charge in [0, 0.05) is 30.6 Å². The number of benzene rings is 1. The number of aromatic nitrogens is 1. The maximum Gasteiger partial charge on any atom is 0.395 e. The van der Waals surface area contributed by atoms with Crippen LogP contribution < -0.4 is 10.5 Å². The van der Waals surface area contributed by atoms with Crippen LogP contribution in [-0.4, -0.2) is 82.8 Å². The lowest BCUT2D eigenvalue weighted by Crippen LogP contribution is -2.46. The second kappa shape index (κ2) is 11.7. The molecule has 2 aliphatic heterocycles. The van der Waals surface area contributed by atoms with Gasteiger partial charge >= 0.3 is 6.18 Å². The molecule has 3 heterocycles. The number of primary amides is 1. The summed E-state index contributed by atoms with van der Waals surface area (Å²) in [7, 11) is 0. The second-order valence-electron chi connectivity index (χ2n) is 11.3. The van der Waals surface area contributed by atoms with Crippen LogP contribution in [0.5, 0.6) is 5.75 Å². The molecule has 218 valence electrons. The second-order valence-corrected chi connectivity index (χ2v) is 11.3. The Morgan fingerprint density at radius 3 is 2.42 bits per heavy atom. The number of β-amino-alcohol motifs (C(OH)–C–C–N with tert-alkyl or cyclic N) is 1. The van der Waals surface area contributed by atoms with Crippen LogP contribution in [0.2, 0.25) is 0 Å². The number of carbonyl (C=O) groups is 2. The summed E-state index contributed by atoms with van der Waals surface area (Å²) < 4.78 is 60.3. The Labute approximate surface area is 230 Å². The molecule has 0 spiro atoms. The van der Waals surface area contributed by atoms with Crippen molar-refractivity contribution in [2.24, 2.45) is 17.1 Å². The SMILES string of the molecule is CC(C)(CN1CCC(COc2ccc(-c3ccc(C(=O)N4C[C@H](O)CC4C(N)=O)cc3F)nc2)CC1)C(F)(F)F. The molecule has 2 atom stereocenters. The third-order valence-corrected chi connectivity index (χ3v) is 7.68. The number of alkyl halides is 3. The first-order valence-electron chi connectivity index (χ1n) is 13.2. The average molecular weight is 567 g/mol. The van der Waals surface area contributed by atoms with Gasteiger partial charge in [-0.25, -0.2) is 4.39 Å². The molecule has 4 rings (SSSR count). The Morgan fingerprint density at radius 2 is 1.85 bits per heavy atom. The molecule has 1 aromatic carbocycles. The number of rotatable bonds is 8. The Bertz CT molecular complexity index is 1210. The Kier molecular flexibility index (Phi) is 8.69. The zero-order valence-corrected chi connectivity index (χ0v) is 22.5. The third kappa shape index (κ3) is 6.72. The van der Waals surface area contributed by atoms with E-state index in [0.717, 1.165) is 23.8 Å². The van der Waals surface area contributed by atoms with Crippen LogP contribution in [0.3, 0.4) is 0 Å². The van der Waals surface area contributed by atoms with Gasteiger partial charge in [-0.2, -0.15) is 13.2 Å². The van der Waals surface area contributed by atoms with Crippen LogP contribution in [0.4, 0.5) is 17.6 Å². The van der Waals surface area contributed by atoms with Crippen LogP contribution >= 0.6 is 0 Å². The largest absolute Gasteiger partial charge is 0.492 e. The minimum atomic E-state index is -4.25. The summed E-state index contributed by atoms with van der Waals surface area (Å²) in [6.07, 6.45) is -2.16. The van der Waals surface area contributed by atoms with Crippen LogP contribution in [0, 0.1) is 17.2 Å². The number of likely N-dealkylation sites (tertiary alicyclic amines) is 2. The van der Waals surface area contributed by atoms with Crippen molar-refractivity contribution in [2.75, 3.05) is 32.8 Å². The van der Waals surface area contributed by atoms with Gasteiger partial charge in [-0.05, 0) is 76.0 Å². The highest BCUT2D eigenvalue weighted by molar-refractivity contribution is 5.98. The average Bonchev–Trinajstić information content (AvgIpc) is 3.29. The predicted octanol–water partition coefficient (Wildman–Crippen LogP) is 3.63. The van der Waals surface area contributed by atoms with E-state index in [9.17, 15) is 32.3 Å². The first kappa shape index (κ1) is 29.7. The molecule has 2 aliphatic rings. The molecular weight excluding hydrogens is 532 g/mol. The van der Waals surface area contributed by atoms with E-state index in [1.807, 2.05) is 4.90 Å². The molecule has 8 nitrogen and oxygen atoms in total. The number of nitrogens with two attached hydrogens (primary N) is 1. The molecule has 3 N–H and O–H groups in total. The standard InChI is InChI=1S/C28H34F4N4O4/c1-27(2,28(30,31)32)16-35-9-7-17(8-10-35)15-40-20-4-6-23(34-13-20)21-5-3-18(11-22(21)29)26(39)36-14-19(37)12-24(36)25(33)38/h3-6,11,13,17,19,24,37H,7-10,12,14-16H2,1-2H3,(H2,33,38)/t19-,24?/m1/s1. The number of piperidine rings is 1. The topological polar surface area (TPSA) is 109 Å². The van der Waals surface area contributed by atoms with E-state index in [1.165, 1.54) is 32.2 Å². The van der Waals surface area contributed by atoms with Crippen molar-refractivity contribution in [1.29, 1.82) is 0 Å². The molecule has 2 saturated heterocycles. The zero-order valence-electron chi connectivity index (χ0n) is 22.5. The highest BCUT2D eigenvalue weighted by atomic mass is 19.4. The number of amides is 2. The molecule has 0 saturated carbocycles. The lowest BCUT2D eigenvalue weighted by Gasteiger charge is -2.38. The van der Waals surface area contributed by atoms with Gasteiger partial charge in [0.15, 0.2) is 0 Å². The molecular formula is C28H34F4N4O4. The smallest absolute Gasteiger partial charge is 0.395 e. The maximum absolute atomic E-state index is 15.0. The van der Waals surface area contributed by atoms with Gasteiger partial charge in [0.2, 0.25) is 5.91 Å².